The molecule has 1 N–H and O–H groups in total. The molecular weight excluding hydrogens is 437 g/mol. The van der Waals surface area contributed by atoms with E-state index in [9.17, 15) is 0 Å². The van der Waals surface area contributed by atoms with Crippen LogP contribution in [0, 0.1) is 5.92 Å². The Morgan fingerprint density at radius 2 is 2.00 bits per heavy atom. The molecule has 0 bridgehead atoms. The van der Waals surface area contributed by atoms with E-state index in [1.54, 1.807) is 0 Å². The molecule has 2 aromatic carbocycles. The highest BCUT2D eigenvalue weighted by molar-refractivity contribution is 14.0. The van der Waals surface area contributed by atoms with Crippen LogP contribution in [0.15, 0.2) is 47.5 Å². The predicted molar refractivity (Wildman–Crippen MR) is 120 cm³/mol. The number of fused-ring (bicyclic) bond motifs is 1. The molecule has 2 aromatic rings. The summed E-state index contributed by atoms with van der Waals surface area (Å²) in [5.74, 6) is 1.63. The fourth-order valence-corrected chi connectivity index (χ4v) is 3.46. The van der Waals surface area contributed by atoms with E-state index in [2.05, 4.69) is 66.5 Å². The number of guanidine groups is 1. The van der Waals surface area contributed by atoms with Crippen molar-refractivity contribution in [1.82, 2.24) is 10.2 Å². The second-order valence-electron chi connectivity index (χ2n) is 6.57. The molecule has 1 atom stereocenters. The molecule has 0 radical (unpaired) electrons. The number of ether oxygens (including phenoxy) is 1. The Kier molecular flexibility index (Phi) is 8.65. The molecule has 0 aliphatic carbocycles. The van der Waals surface area contributed by atoms with Crippen molar-refractivity contribution in [2.75, 3.05) is 32.8 Å². The Hall–Kier alpha value is -1.34. The number of halogens is 1. The highest BCUT2D eigenvalue weighted by Crippen LogP contribution is 2.20. The van der Waals surface area contributed by atoms with Gasteiger partial charge in [0.25, 0.3) is 0 Å². The van der Waals surface area contributed by atoms with Crippen LogP contribution < -0.4 is 5.32 Å². The van der Waals surface area contributed by atoms with Crippen molar-refractivity contribution < 1.29 is 4.74 Å². The largest absolute Gasteiger partial charge is 0.381 e. The first-order valence-electron chi connectivity index (χ1n) is 9.39. The van der Waals surface area contributed by atoms with Crippen molar-refractivity contribution in [1.29, 1.82) is 0 Å². The van der Waals surface area contributed by atoms with Crippen LogP contribution in [0.1, 0.15) is 25.8 Å². The minimum absolute atomic E-state index is 0. The second kappa shape index (κ2) is 10.7. The molecule has 26 heavy (non-hydrogen) atoms. The van der Waals surface area contributed by atoms with Crippen molar-refractivity contribution in [3.8, 4) is 0 Å². The molecule has 0 saturated carbocycles. The third-order valence-electron chi connectivity index (χ3n) is 4.76. The minimum Gasteiger partial charge on any atom is -0.381 e. The first kappa shape index (κ1) is 21.0. The lowest BCUT2D eigenvalue weighted by Gasteiger charge is -2.22. The fourth-order valence-electron chi connectivity index (χ4n) is 3.46. The molecule has 5 heteroatoms. The summed E-state index contributed by atoms with van der Waals surface area (Å²) in [6.07, 6.45) is 1.18. The predicted octanol–water partition coefficient (Wildman–Crippen LogP) is 4.28. The van der Waals surface area contributed by atoms with Gasteiger partial charge in [0, 0.05) is 32.2 Å². The monoisotopic (exact) mass is 467 g/mol. The number of hydrogen-bond acceptors (Lipinski definition) is 2. The average Bonchev–Trinajstić information content (AvgIpc) is 3.12. The topological polar surface area (TPSA) is 36.9 Å². The quantitative estimate of drug-likeness (QED) is 0.392. The molecule has 1 fully saturated rings. The Bertz CT molecular complexity index is 714. The summed E-state index contributed by atoms with van der Waals surface area (Å²) in [4.78, 5) is 7.29. The van der Waals surface area contributed by atoms with Gasteiger partial charge in [0.05, 0.1) is 13.2 Å². The van der Waals surface area contributed by atoms with Crippen LogP contribution in [-0.2, 0) is 11.3 Å². The number of benzene rings is 2. The lowest BCUT2D eigenvalue weighted by Crippen LogP contribution is -2.40. The van der Waals surface area contributed by atoms with Crippen molar-refractivity contribution in [2.45, 2.75) is 26.8 Å². The summed E-state index contributed by atoms with van der Waals surface area (Å²) in [6.45, 7) is 9.52. The van der Waals surface area contributed by atoms with E-state index in [-0.39, 0.29) is 24.0 Å². The van der Waals surface area contributed by atoms with Crippen LogP contribution in [0.3, 0.4) is 0 Å². The Morgan fingerprint density at radius 3 is 2.81 bits per heavy atom. The third kappa shape index (κ3) is 5.33. The van der Waals surface area contributed by atoms with Crippen LogP contribution in [0.4, 0.5) is 0 Å². The summed E-state index contributed by atoms with van der Waals surface area (Å²) >= 11 is 0. The van der Waals surface area contributed by atoms with E-state index in [0.29, 0.717) is 12.5 Å². The molecule has 4 nitrogen and oxygen atoms in total. The summed E-state index contributed by atoms with van der Waals surface area (Å²) in [7, 11) is 0. The van der Waals surface area contributed by atoms with Gasteiger partial charge in [-0.3, -0.25) is 0 Å². The molecule has 142 valence electrons. The van der Waals surface area contributed by atoms with Gasteiger partial charge in [0.2, 0.25) is 0 Å². The first-order valence-corrected chi connectivity index (χ1v) is 9.39. The van der Waals surface area contributed by atoms with E-state index < -0.39 is 0 Å². The Morgan fingerprint density at radius 1 is 1.19 bits per heavy atom. The van der Waals surface area contributed by atoms with Crippen LogP contribution in [0.25, 0.3) is 10.8 Å². The Labute approximate surface area is 174 Å². The van der Waals surface area contributed by atoms with Gasteiger partial charge in [0.15, 0.2) is 5.96 Å². The van der Waals surface area contributed by atoms with E-state index in [0.717, 1.165) is 38.8 Å². The van der Waals surface area contributed by atoms with Gasteiger partial charge in [-0.25, -0.2) is 4.99 Å². The highest BCUT2D eigenvalue weighted by Gasteiger charge is 2.24. The molecule has 1 heterocycles. The maximum atomic E-state index is 5.60. The van der Waals surface area contributed by atoms with E-state index in [1.807, 2.05) is 0 Å². The van der Waals surface area contributed by atoms with Crippen LogP contribution in [-0.4, -0.2) is 43.7 Å². The van der Waals surface area contributed by atoms with Crippen molar-refractivity contribution in [2.24, 2.45) is 10.9 Å². The van der Waals surface area contributed by atoms with Crippen LogP contribution in [0.2, 0.25) is 0 Å². The van der Waals surface area contributed by atoms with Crippen molar-refractivity contribution in [3.05, 3.63) is 48.0 Å². The van der Waals surface area contributed by atoms with E-state index >= 15 is 0 Å². The molecule has 3 rings (SSSR count). The van der Waals surface area contributed by atoms with Crippen LogP contribution >= 0.6 is 24.0 Å². The number of hydrogen-bond donors (Lipinski definition) is 1. The average molecular weight is 467 g/mol. The zero-order valence-electron chi connectivity index (χ0n) is 15.8. The zero-order chi connectivity index (χ0) is 17.5. The van der Waals surface area contributed by atoms with Crippen LogP contribution in [0.5, 0.6) is 0 Å². The van der Waals surface area contributed by atoms with Gasteiger partial charge in [-0.05, 0) is 36.6 Å². The molecule has 0 spiro atoms. The molecule has 1 saturated heterocycles. The molecule has 1 unspecified atom stereocenters. The third-order valence-corrected chi connectivity index (χ3v) is 4.76. The zero-order valence-corrected chi connectivity index (χ0v) is 18.1. The lowest BCUT2D eigenvalue weighted by molar-refractivity contribution is 0.114. The van der Waals surface area contributed by atoms with Gasteiger partial charge in [-0.1, -0.05) is 42.5 Å². The Balaban J connectivity index is 0.00000243. The van der Waals surface area contributed by atoms with Gasteiger partial charge in [-0.2, -0.15) is 0 Å². The summed E-state index contributed by atoms with van der Waals surface area (Å²) in [5.41, 5.74) is 1.28. The van der Waals surface area contributed by atoms with E-state index in [4.69, 9.17) is 9.73 Å². The second-order valence-corrected chi connectivity index (χ2v) is 6.57. The molecule has 1 aliphatic rings. The standard InChI is InChI=1S/C21H29N3O.HI/c1-3-22-21(24-13-12-17(15-24)16-25-4-2)23-14-19-10-7-9-18-8-5-6-11-20(18)19;/h5-11,17H,3-4,12-16H2,1-2H3,(H,22,23);1H. The van der Waals surface area contributed by atoms with Crippen molar-refractivity contribution >= 4 is 40.7 Å². The van der Waals surface area contributed by atoms with Gasteiger partial charge >= 0.3 is 0 Å². The minimum atomic E-state index is 0. The number of aliphatic imine (C=N–C) groups is 1. The van der Waals surface area contributed by atoms with Gasteiger partial charge < -0.3 is 15.0 Å². The number of rotatable bonds is 6. The fraction of sp³-hybridized carbons (Fsp3) is 0.476. The molecule has 0 aromatic heterocycles. The number of likely N-dealkylation sites (tertiary alicyclic amines) is 1. The maximum Gasteiger partial charge on any atom is 0.194 e. The summed E-state index contributed by atoms with van der Waals surface area (Å²) in [6, 6.07) is 15.0. The summed E-state index contributed by atoms with van der Waals surface area (Å²) < 4.78 is 5.60. The lowest BCUT2D eigenvalue weighted by atomic mass is 10.1. The number of nitrogens with one attached hydrogen (secondary N) is 1. The SMILES string of the molecule is CCNC(=NCc1cccc2ccccc12)N1CCC(COCC)C1.I. The molecule has 0 amide bonds. The number of nitrogens with zero attached hydrogens (tertiary/aromatic N) is 2. The molecular formula is C21H30IN3O. The summed E-state index contributed by atoms with van der Waals surface area (Å²) in [5, 5.41) is 6.02. The first-order chi connectivity index (χ1) is 12.3. The van der Waals surface area contributed by atoms with Gasteiger partial charge in [-0.15, -0.1) is 24.0 Å². The smallest absolute Gasteiger partial charge is 0.194 e. The maximum absolute atomic E-state index is 5.60. The highest BCUT2D eigenvalue weighted by atomic mass is 127. The van der Waals surface area contributed by atoms with Gasteiger partial charge in [0.1, 0.15) is 0 Å². The normalized spacial score (nSPS) is 17.4. The van der Waals surface area contributed by atoms with E-state index in [1.165, 1.54) is 22.8 Å². The van der Waals surface area contributed by atoms with Crippen molar-refractivity contribution in [3.63, 3.8) is 0 Å². The molecule has 1 aliphatic heterocycles.